The highest BCUT2D eigenvalue weighted by atomic mass is 35.5. The number of amides is 1. The Bertz CT molecular complexity index is 641. The minimum absolute atomic E-state index is 0.261. The predicted octanol–water partition coefficient (Wildman–Crippen LogP) is 3.50. The first-order chi connectivity index (χ1) is 9.47. The molecule has 3 nitrogen and oxygen atoms in total. The Morgan fingerprint density at radius 2 is 2.00 bits per heavy atom. The van der Waals surface area contributed by atoms with E-state index in [-0.39, 0.29) is 12.0 Å². The van der Waals surface area contributed by atoms with E-state index in [0.717, 1.165) is 12.1 Å². The van der Waals surface area contributed by atoms with Crippen molar-refractivity contribution in [1.82, 2.24) is 4.98 Å². The van der Waals surface area contributed by atoms with Crippen molar-refractivity contribution >= 4 is 23.2 Å². The summed E-state index contributed by atoms with van der Waals surface area (Å²) in [6.45, 7) is 1.74. The molecule has 0 fully saturated rings. The SMILES string of the molecule is Cc1cc(NC(=O)Cc2c(F)cccc2F)cnc1Cl. The molecule has 0 aliphatic rings. The summed E-state index contributed by atoms with van der Waals surface area (Å²) < 4.78 is 26.8. The minimum Gasteiger partial charge on any atom is -0.324 e. The Labute approximate surface area is 119 Å². The van der Waals surface area contributed by atoms with Gasteiger partial charge in [-0.25, -0.2) is 13.8 Å². The molecule has 0 bridgehead atoms. The third-order valence-electron chi connectivity index (χ3n) is 2.70. The summed E-state index contributed by atoms with van der Waals surface area (Å²) in [5, 5.41) is 2.86. The van der Waals surface area contributed by atoms with Crippen LogP contribution in [0, 0.1) is 18.6 Å². The van der Waals surface area contributed by atoms with E-state index in [1.807, 2.05) is 0 Å². The number of pyridine rings is 1. The summed E-state index contributed by atoms with van der Waals surface area (Å²) in [6.07, 6.45) is 0.991. The number of halogens is 3. The second kappa shape index (κ2) is 5.96. The average Bonchev–Trinajstić information content (AvgIpc) is 2.38. The number of hydrogen-bond acceptors (Lipinski definition) is 2. The van der Waals surface area contributed by atoms with Crippen LogP contribution in [0.4, 0.5) is 14.5 Å². The molecule has 2 rings (SSSR count). The summed E-state index contributed by atoms with van der Waals surface area (Å²) in [4.78, 5) is 15.7. The van der Waals surface area contributed by atoms with Crippen molar-refractivity contribution in [1.29, 1.82) is 0 Å². The first-order valence-corrected chi connectivity index (χ1v) is 6.20. The van der Waals surface area contributed by atoms with Crippen LogP contribution in [0.15, 0.2) is 30.5 Å². The van der Waals surface area contributed by atoms with E-state index >= 15 is 0 Å². The molecular weight excluding hydrogens is 286 g/mol. The van der Waals surface area contributed by atoms with Crippen LogP contribution in [-0.4, -0.2) is 10.9 Å². The first-order valence-electron chi connectivity index (χ1n) is 5.82. The van der Waals surface area contributed by atoms with Gasteiger partial charge in [0.25, 0.3) is 0 Å². The second-order valence-corrected chi connectivity index (χ2v) is 4.61. The fourth-order valence-corrected chi connectivity index (χ4v) is 1.80. The number of carbonyl (C=O) groups excluding carboxylic acids is 1. The van der Waals surface area contributed by atoms with Gasteiger partial charge in [-0.2, -0.15) is 0 Å². The van der Waals surface area contributed by atoms with Crippen molar-refractivity contribution in [3.63, 3.8) is 0 Å². The number of benzene rings is 1. The molecule has 104 valence electrons. The quantitative estimate of drug-likeness (QED) is 0.881. The third kappa shape index (κ3) is 3.30. The highest BCUT2D eigenvalue weighted by Gasteiger charge is 2.13. The van der Waals surface area contributed by atoms with Gasteiger partial charge in [-0.1, -0.05) is 17.7 Å². The van der Waals surface area contributed by atoms with Crippen molar-refractivity contribution in [3.05, 3.63) is 58.4 Å². The maximum atomic E-state index is 13.4. The lowest BCUT2D eigenvalue weighted by atomic mass is 10.1. The Hall–Kier alpha value is -2.01. The fraction of sp³-hybridized carbons (Fsp3) is 0.143. The third-order valence-corrected chi connectivity index (χ3v) is 3.09. The van der Waals surface area contributed by atoms with Crippen LogP contribution in [0.2, 0.25) is 5.15 Å². The van der Waals surface area contributed by atoms with E-state index < -0.39 is 17.5 Å². The summed E-state index contributed by atoms with van der Waals surface area (Å²) in [6, 6.07) is 5.10. The minimum atomic E-state index is -0.745. The molecule has 2 aromatic rings. The van der Waals surface area contributed by atoms with Crippen molar-refractivity contribution in [3.8, 4) is 0 Å². The van der Waals surface area contributed by atoms with E-state index in [1.165, 1.54) is 12.3 Å². The van der Waals surface area contributed by atoms with Crippen LogP contribution >= 0.6 is 11.6 Å². The van der Waals surface area contributed by atoms with E-state index in [4.69, 9.17) is 11.6 Å². The zero-order valence-corrected chi connectivity index (χ0v) is 11.3. The van der Waals surface area contributed by atoms with Gasteiger partial charge in [0.05, 0.1) is 18.3 Å². The molecule has 20 heavy (non-hydrogen) atoms. The fourth-order valence-electron chi connectivity index (χ4n) is 1.69. The molecule has 1 amide bonds. The number of hydrogen-bond donors (Lipinski definition) is 1. The smallest absolute Gasteiger partial charge is 0.229 e. The monoisotopic (exact) mass is 296 g/mol. The molecule has 0 spiro atoms. The van der Waals surface area contributed by atoms with E-state index in [0.29, 0.717) is 16.4 Å². The van der Waals surface area contributed by atoms with Gasteiger partial charge in [0.15, 0.2) is 0 Å². The van der Waals surface area contributed by atoms with Gasteiger partial charge in [-0.3, -0.25) is 4.79 Å². The van der Waals surface area contributed by atoms with E-state index in [2.05, 4.69) is 10.3 Å². The number of nitrogens with zero attached hydrogens (tertiary/aromatic N) is 1. The van der Waals surface area contributed by atoms with Crippen LogP contribution in [0.3, 0.4) is 0 Å². The molecule has 0 saturated heterocycles. The Kier molecular flexibility index (Phi) is 4.29. The molecular formula is C14H11ClF2N2O. The zero-order valence-electron chi connectivity index (χ0n) is 10.6. The van der Waals surface area contributed by atoms with Crippen LogP contribution < -0.4 is 5.32 Å². The molecule has 1 aromatic carbocycles. The lowest BCUT2D eigenvalue weighted by molar-refractivity contribution is -0.115. The lowest BCUT2D eigenvalue weighted by Gasteiger charge is -2.07. The maximum absolute atomic E-state index is 13.4. The lowest BCUT2D eigenvalue weighted by Crippen LogP contribution is -2.16. The second-order valence-electron chi connectivity index (χ2n) is 4.26. The standard InChI is InChI=1S/C14H11ClF2N2O/c1-8-5-9(7-18-14(8)15)19-13(20)6-10-11(16)3-2-4-12(10)17/h2-5,7H,6H2,1H3,(H,19,20). The summed E-state index contributed by atoms with van der Waals surface area (Å²) in [7, 11) is 0. The van der Waals surface area contributed by atoms with Crippen LogP contribution in [-0.2, 0) is 11.2 Å². The normalized spacial score (nSPS) is 10.4. The van der Waals surface area contributed by atoms with Crippen molar-refractivity contribution in [2.75, 3.05) is 5.32 Å². The van der Waals surface area contributed by atoms with E-state index in [9.17, 15) is 13.6 Å². The summed E-state index contributed by atoms with van der Waals surface area (Å²) in [5.74, 6) is -2.02. The number of anilines is 1. The summed E-state index contributed by atoms with van der Waals surface area (Å²) in [5.41, 5.74) is 0.860. The largest absolute Gasteiger partial charge is 0.324 e. The predicted molar refractivity (Wildman–Crippen MR) is 72.7 cm³/mol. The molecule has 0 saturated carbocycles. The van der Waals surface area contributed by atoms with Gasteiger partial charge in [-0.15, -0.1) is 0 Å². The van der Waals surface area contributed by atoms with Gasteiger partial charge in [0.1, 0.15) is 16.8 Å². The van der Waals surface area contributed by atoms with Crippen LogP contribution in [0.5, 0.6) is 0 Å². The maximum Gasteiger partial charge on any atom is 0.229 e. The van der Waals surface area contributed by atoms with Gasteiger partial charge in [0, 0.05) is 5.56 Å². The Balaban J connectivity index is 2.11. The summed E-state index contributed by atoms with van der Waals surface area (Å²) >= 11 is 5.77. The Morgan fingerprint density at radius 3 is 2.60 bits per heavy atom. The number of aryl methyl sites for hydroxylation is 1. The van der Waals surface area contributed by atoms with Crippen LogP contribution in [0.25, 0.3) is 0 Å². The molecule has 1 N–H and O–H groups in total. The van der Waals surface area contributed by atoms with Gasteiger partial charge in [-0.05, 0) is 30.7 Å². The molecule has 0 atom stereocenters. The average molecular weight is 297 g/mol. The number of nitrogens with one attached hydrogen (secondary N) is 1. The molecule has 0 aliphatic carbocycles. The number of aromatic nitrogens is 1. The van der Waals surface area contributed by atoms with Crippen molar-refractivity contribution in [2.45, 2.75) is 13.3 Å². The Morgan fingerprint density at radius 1 is 1.35 bits per heavy atom. The van der Waals surface area contributed by atoms with Crippen LogP contribution in [0.1, 0.15) is 11.1 Å². The van der Waals surface area contributed by atoms with Crippen molar-refractivity contribution < 1.29 is 13.6 Å². The highest BCUT2D eigenvalue weighted by molar-refractivity contribution is 6.30. The molecule has 0 radical (unpaired) electrons. The van der Waals surface area contributed by atoms with Gasteiger partial charge in [0.2, 0.25) is 5.91 Å². The first kappa shape index (κ1) is 14.4. The van der Waals surface area contributed by atoms with Gasteiger partial charge < -0.3 is 5.32 Å². The molecule has 0 unspecified atom stereocenters. The molecule has 0 aliphatic heterocycles. The number of rotatable bonds is 3. The van der Waals surface area contributed by atoms with Crippen molar-refractivity contribution in [2.24, 2.45) is 0 Å². The number of carbonyl (C=O) groups is 1. The topological polar surface area (TPSA) is 42.0 Å². The van der Waals surface area contributed by atoms with E-state index in [1.54, 1.807) is 13.0 Å². The molecule has 1 heterocycles. The zero-order chi connectivity index (χ0) is 14.7. The van der Waals surface area contributed by atoms with Gasteiger partial charge >= 0.3 is 0 Å². The molecule has 1 aromatic heterocycles. The molecule has 6 heteroatoms. The highest BCUT2D eigenvalue weighted by Crippen LogP contribution is 2.17.